The molecular formula is C23H28BrN3O4. The minimum absolute atomic E-state index is 0.175. The van der Waals surface area contributed by atoms with Crippen molar-refractivity contribution >= 4 is 34.0 Å². The van der Waals surface area contributed by atoms with Gasteiger partial charge in [-0.2, -0.15) is 5.10 Å². The van der Waals surface area contributed by atoms with Gasteiger partial charge in [-0.25, -0.2) is 5.43 Å². The van der Waals surface area contributed by atoms with Gasteiger partial charge in [-0.15, -0.1) is 0 Å². The summed E-state index contributed by atoms with van der Waals surface area (Å²) in [6.45, 7) is 5.68. The molecule has 8 heteroatoms. The first-order chi connectivity index (χ1) is 14.8. The van der Waals surface area contributed by atoms with Crippen LogP contribution in [0.2, 0.25) is 0 Å². The lowest BCUT2D eigenvalue weighted by atomic mass is 10.0. The maximum absolute atomic E-state index is 12.6. The highest BCUT2D eigenvalue weighted by molar-refractivity contribution is 9.10. The molecule has 0 fully saturated rings. The van der Waals surface area contributed by atoms with Crippen molar-refractivity contribution in [3.8, 4) is 11.5 Å². The third-order valence-corrected chi connectivity index (χ3v) is 4.87. The number of carbonyl (C=O) groups is 2. The van der Waals surface area contributed by atoms with Crippen LogP contribution in [0.15, 0.2) is 52.0 Å². The van der Waals surface area contributed by atoms with Gasteiger partial charge in [-0.1, -0.05) is 48.0 Å². The number of methoxy groups -OCH3 is 1. The Balaban J connectivity index is 1.97. The third-order valence-electron chi connectivity index (χ3n) is 4.38. The van der Waals surface area contributed by atoms with E-state index >= 15 is 0 Å². The highest BCUT2D eigenvalue weighted by atomic mass is 79.9. The molecule has 0 aliphatic heterocycles. The second kappa shape index (κ2) is 12.1. The fraction of sp³-hybridized carbons (Fsp3) is 0.348. The second-order valence-electron chi connectivity index (χ2n) is 7.42. The van der Waals surface area contributed by atoms with Crippen LogP contribution in [-0.2, 0) is 9.59 Å². The minimum atomic E-state index is -0.727. The largest absolute Gasteiger partial charge is 0.496 e. The second-order valence-corrected chi connectivity index (χ2v) is 8.34. The topological polar surface area (TPSA) is 89.0 Å². The number of hydrazone groups is 1. The van der Waals surface area contributed by atoms with Gasteiger partial charge in [0.1, 0.15) is 17.5 Å². The quantitative estimate of drug-likeness (QED) is 0.392. The molecule has 0 saturated carbocycles. The molecule has 7 nitrogen and oxygen atoms in total. The monoisotopic (exact) mass is 489 g/mol. The first-order valence-electron chi connectivity index (χ1n) is 9.94. The minimum Gasteiger partial charge on any atom is -0.496 e. The van der Waals surface area contributed by atoms with E-state index in [4.69, 9.17) is 9.47 Å². The van der Waals surface area contributed by atoms with E-state index in [1.165, 1.54) is 6.21 Å². The molecule has 0 aromatic heterocycles. The molecule has 0 spiro atoms. The molecule has 2 amide bonds. The number of amides is 2. The Bertz CT molecular complexity index is 931. The number of nitrogens with one attached hydrogen (secondary N) is 2. The van der Waals surface area contributed by atoms with Crippen LogP contribution in [0, 0.1) is 12.8 Å². The Morgan fingerprint density at radius 1 is 1.16 bits per heavy atom. The van der Waals surface area contributed by atoms with Gasteiger partial charge in [0, 0.05) is 10.0 Å². The van der Waals surface area contributed by atoms with Crippen molar-refractivity contribution in [2.24, 2.45) is 11.0 Å². The molecule has 0 bridgehead atoms. The average molecular weight is 490 g/mol. The van der Waals surface area contributed by atoms with E-state index in [0.717, 1.165) is 10.0 Å². The number of rotatable bonds is 10. The van der Waals surface area contributed by atoms with Crippen LogP contribution in [0.5, 0.6) is 11.5 Å². The number of carbonyl (C=O) groups excluding carboxylic acids is 2. The number of ether oxygens (including phenoxy) is 2. The molecule has 0 heterocycles. The SMILES string of the molecule is COc1ccc(Br)cc1/C=N\NC(=O)[C@@H](CC(C)C)NC(=O)COc1ccccc1C. The van der Waals surface area contributed by atoms with Crippen LogP contribution >= 0.6 is 15.9 Å². The van der Waals surface area contributed by atoms with Crippen molar-refractivity contribution in [2.75, 3.05) is 13.7 Å². The standard InChI is InChI=1S/C23H28BrN3O4/c1-15(2)11-19(26-22(28)14-31-20-8-6-5-7-16(20)3)23(29)27-25-13-17-12-18(24)9-10-21(17)30-4/h5-10,12-13,15,19H,11,14H2,1-4H3,(H,26,28)(H,27,29)/b25-13-/t19-/m1/s1. The first kappa shape index (κ1) is 24.4. The summed E-state index contributed by atoms with van der Waals surface area (Å²) in [6, 6.07) is 12.2. The van der Waals surface area contributed by atoms with E-state index in [-0.39, 0.29) is 18.4 Å². The maximum atomic E-state index is 12.6. The summed E-state index contributed by atoms with van der Waals surface area (Å²) in [5.74, 6) is 0.684. The summed E-state index contributed by atoms with van der Waals surface area (Å²) in [7, 11) is 1.56. The fourth-order valence-corrected chi connectivity index (χ4v) is 3.23. The van der Waals surface area contributed by atoms with Gasteiger partial charge >= 0.3 is 0 Å². The molecule has 0 aliphatic rings. The van der Waals surface area contributed by atoms with Crippen molar-refractivity contribution < 1.29 is 19.1 Å². The van der Waals surface area contributed by atoms with Crippen LogP contribution in [0.25, 0.3) is 0 Å². The van der Waals surface area contributed by atoms with Crippen LogP contribution in [0.1, 0.15) is 31.4 Å². The highest BCUT2D eigenvalue weighted by Gasteiger charge is 2.22. The summed E-state index contributed by atoms with van der Waals surface area (Å²) in [6.07, 6.45) is 1.97. The molecule has 0 saturated heterocycles. The number of benzene rings is 2. The zero-order chi connectivity index (χ0) is 22.8. The predicted octanol–water partition coefficient (Wildman–Crippen LogP) is 3.83. The highest BCUT2D eigenvalue weighted by Crippen LogP contribution is 2.21. The first-order valence-corrected chi connectivity index (χ1v) is 10.7. The van der Waals surface area contributed by atoms with E-state index in [9.17, 15) is 9.59 Å². The maximum Gasteiger partial charge on any atom is 0.262 e. The van der Waals surface area contributed by atoms with E-state index in [0.29, 0.717) is 23.5 Å². The molecule has 1 atom stereocenters. The molecule has 166 valence electrons. The lowest BCUT2D eigenvalue weighted by Crippen LogP contribution is -2.47. The fourth-order valence-electron chi connectivity index (χ4n) is 2.85. The summed E-state index contributed by atoms with van der Waals surface area (Å²) < 4.78 is 11.7. The molecule has 2 N–H and O–H groups in total. The van der Waals surface area contributed by atoms with E-state index in [2.05, 4.69) is 31.8 Å². The number of nitrogens with zero attached hydrogens (tertiary/aromatic N) is 1. The Hall–Kier alpha value is -2.87. The summed E-state index contributed by atoms with van der Waals surface area (Å²) in [5, 5.41) is 6.76. The lowest BCUT2D eigenvalue weighted by Gasteiger charge is -2.19. The van der Waals surface area contributed by atoms with Crippen molar-refractivity contribution in [1.82, 2.24) is 10.7 Å². The summed E-state index contributed by atoms with van der Waals surface area (Å²) in [5.41, 5.74) is 4.14. The molecule has 0 unspecified atom stereocenters. The molecule has 2 aromatic carbocycles. The molecule has 2 rings (SSSR count). The van der Waals surface area contributed by atoms with Crippen LogP contribution < -0.4 is 20.2 Å². The molecule has 2 aromatic rings. The number of hydrogen-bond acceptors (Lipinski definition) is 5. The van der Waals surface area contributed by atoms with Gasteiger partial charge in [0.15, 0.2) is 6.61 Å². The molecule has 0 aliphatic carbocycles. The van der Waals surface area contributed by atoms with Crippen LogP contribution in [0.4, 0.5) is 0 Å². The van der Waals surface area contributed by atoms with Crippen molar-refractivity contribution in [1.29, 1.82) is 0 Å². The summed E-state index contributed by atoms with van der Waals surface area (Å²) in [4.78, 5) is 25.0. The Morgan fingerprint density at radius 2 is 1.90 bits per heavy atom. The predicted molar refractivity (Wildman–Crippen MR) is 124 cm³/mol. The van der Waals surface area contributed by atoms with E-state index in [1.54, 1.807) is 19.2 Å². The van der Waals surface area contributed by atoms with E-state index in [1.807, 2.05) is 51.1 Å². The Labute approximate surface area is 191 Å². The van der Waals surface area contributed by atoms with Gasteiger partial charge in [-0.3, -0.25) is 9.59 Å². The lowest BCUT2D eigenvalue weighted by molar-refractivity contribution is -0.130. The Kier molecular flexibility index (Phi) is 9.52. The Morgan fingerprint density at radius 3 is 2.58 bits per heavy atom. The number of hydrogen-bond donors (Lipinski definition) is 2. The van der Waals surface area contributed by atoms with E-state index < -0.39 is 11.9 Å². The zero-order valence-corrected chi connectivity index (χ0v) is 19.7. The van der Waals surface area contributed by atoms with Gasteiger partial charge in [-0.05, 0) is 49.1 Å². The normalized spacial score (nSPS) is 11.9. The number of halogens is 1. The van der Waals surface area contributed by atoms with Crippen molar-refractivity contribution in [3.05, 3.63) is 58.1 Å². The van der Waals surface area contributed by atoms with Crippen LogP contribution in [0.3, 0.4) is 0 Å². The van der Waals surface area contributed by atoms with Gasteiger partial charge in [0.25, 0.3) is 11.8 Å². The van der Waals surface area contributed by atoms with Crippen molar-refractivity contribution in [3.63, 3.8) is 0 Å². The number of aryl methyl sites for hydroxylation is 1. The molecule has 31 heavy (non-hydrogen) atoms. The summed E-state index contributed by atoms with van der Waals surface area (Å²) >= 11 is 3.40. The number of para-hydroxylation sites is 1. The van der Waals surface area contributed by atoms with Gasteiger partial charge in [0.05, 0.1) is 13.3 Å². The van der Waals surface area contributed by atoms with Gasteiger partial charge in [0.2, 0.25) is 0 Å². The smallest absolute Gasteiger partial charge is 0.262 e. The molecular weight excluding hydrogens is 462 g/mol. The van der Waals surface area contributed by atoms with Crippen molar-refractivity contribution in [2.45, 2.75) is 33.2 Å². The van der Waals surface area contributed by atoms with Gasteiger partial charge < -0.3 is 14.8 Å². The average Bonchev–Trinajstić information content (AvgIpc) is 2.72. The molecule has 0 radical (unpaired) electrons. The third kappa shape index (κ3) is 8.05. The van der Waals surface area contributed by atoms with Crippen LogP contribution in [-0.4, -0.2) is 37.8 Å². The zero-order valence-electron chi connectivity index (χ0n) is 18.1.